The average Bonchev–Trinajstić information content (AvgIpc) is 3.13. The van der Waals surface area contributed by atoms with E-state index in [0.717, 1.165) is 34.5 Å². The number of rotatable bonds is 6. The maximum absolute atomic E-state index is 6.24. The van der Waals surface area contributed by atoms with Crippen LogP contribution in [0.25, 0.3) is 17.1 Å². The van der Waals surface area contributed by atoms with Gasteiger partial charge < -0.3 is 4.90 Å². The predicted molar refractivity (Wildman–Crippen MR) is 111 cm³/mol. The van der Waals surface area contributed by atoms with E-state index < -0.39 is 0 Å². The first-order valence-corrected chi connectivity index (χ1v) is 10.6. The molecule has 0 amide bonds. The molecule has 0 radical (unpaired) electrons. The Balaban J connectivity index is 1.60. The largest absolute Gasteiger partial charge is 0.303 e. The molecule has 7 heteroatoms. The molecule has 1 aliphatic rings. The zero-order valence-electron chi connectivity index (χ0n) is 15.1. The van der Waals surface area contributed by atoms with Crippen molar-refractivity contribution in [2.24, 2.45) is 0 Å². The molecule has 2 aromatic heterocycles. The summed E-state index contributed by atoms with van der Waals surface area (Å²) in [5.41, 5.74) is 1.90. The minimum Gasteiger partial charge on any atom is -0.303 e. The third kappa shape index (κ3) is 4.51. The first-order chi connectivity index (χ1) is 13.3. The van der Waals surface area contributed by atoms with Crippen LogP contribution in [0.2, 0.25) is 5.02 Å². The second-order valence-corrected chi connectivity index (χ2v) is 8.11. The number of halogens is 1. The lowest BCUT2D eigenvalue weighted by Crippen LogP contribution is -2.31. The van der Waals surface area contributed by atoms with Crippen molar-refractivity contribution in [2.45, 2.75) is 24.4 Å². The fraction of sp³-hybridized carbons (Fsp3) is 0.350. The third-order valence-corrected chi connectivity index (χ3v) is 5.85. The van der Waals surface area contributed by atoms with Crippen molar-refractivity contribution in [3.63, 3.8) is 0 Å². The summed E-state index contributed by atoms with van der Waals surface area (Å²) in [4.78, 5) is 6.77. The summed E-state index contributed by atoms with van der Waals surface area (Å²) in [5.74, 6) is 1.77. The smallest absolute Gasteiger partial charge is 0.196 e. The third-order valence-electron chi connectivity index (χ3n) is 4.71. The molecule has 0 unspecified atom stereocenters. The van der Waals surface area contributed by atoms with Crippen LogP contribution in [0.4, 0.5) is 0 Å². The Hall–Kier alpha value is -1.89. The van der Waals surface area contributed by atoms with Gasteiger partial charge in [-0.2, -0.15) is 0 Å². The molecule has 3 heterocycles. The fourth-order valence-corrected chi connectivity index (χ4v) is 4.48. The number of piperidine rings is 1. The van der Waals surface area contributed by atoms with E-state index in [4.69, 9.17) is 11.6 Å². The van der Waals surface area contributed by atoms with E-state index in [-0.39, 0.29) is 0 Å². The second kappa shape index (κ2) is 8.87. The quantitative estimate of drug-likeness (QED) is 0.568. The van der Waals surface area contributed by atoms with Crippen molar-refractivity contribution >= 4 is 23.4 Å². The van der Waals surface area contributed by atoms with E-state index in [1.165, 1.54) is 32.4 Å². The second-order valence-electron chi connectivity index (χ2n) is 6.61. The summed E-state index contributed by atoms with van der Waals surface area (Å²) in [5, 5.41) is 10.5. The molecule has 0 saturated carbocycles. The summed E-state index contributed by atoms with van der Waals surface area (Å²) in [6, 6.07) is 11.7. The number of thioether (sulfide) groups is 1. The molecule has 3 aromatic rings. The molecule has 1 saturated heterocycles. The lowest BCUT2D eigenvalue weighted by atomic mass is 10.1. The van der Waals surface area contributed by atoms with Gasteiger partial charge in [0.1, 0.15) is 0 Å². The van der Waals surface area contributed by atoms with Gasteiger partial charge in [0.15, 0.2) is 11.0 Å². The first-order valence-electron chi connectivity index (χ1n) is 9.28. The first kappa shape index (κ1) is 18.5. The van der Waals surface area contributed by atoms with Crippen molar-refractivity contribution in [2.75, 3.05) is 25.4 Å². The Labute approximate surface area is 168 Å². The van der Waals surface area contributed by atoms with Crippen molar-refractivity contribution in [3.05, 3.63) is 53.8 Å². The molecule has 0 bridgehead atoms. The highest BCUT2D eigenvalue weighted by Gasteiger charge is 2.17. The van der Waals surface area contributed by atoms with Crippen LogP contribution in [-0.4, -0.2) is 50.0 Å². The number of hydrogen-bond donors (Lipinski definition) is 0. The van der Waals surface area contributed by atoms with Crippen LogP contribution in [0.1, 0.15) is 19.3 Å². The molecule has 0 aliphatic carbocycles. The van der Waals surface area contributed by atoms with Crippen LogP contribution >= 0.6 is 23.4 Å². The number of nitrogens with zero attached hydrogens (tertiary/aromatic N) is 5. The minimum atomic E-state index is 0.697. The zero-order valence-corrected chi connectivity index (χ0v) is 16.7. The Morgan fingerprint density at radius 1 is 1.04 bits per heavy atom. The van der Waals surface area contributed by atoms with E-state index in [0.29, 0.717) is 5.02 Å². The van der Waals surface area contributed by atoms with Crippen molar-refractivity contribution < 1.29 is 0 Å². The van der Waals surface area contributed by atoms with Crippen LogP contribution < -0.4 is 0 Å². The van der Waals surface area contributed by atoms with Gasteiger partial charge in [0.25, 0.3) is 0 Å². The van der Waals surface area contributed by atoms with Crippen molar-refractivity contribution in [1.82, 2.24) is 24.6 Å². The number of benzene rings is 1. The van der Waals surface area contributed by atoms with E-state index in [9.17, 15) is 0 Å². The van der Waals surface area contributed by atoms with Crippen LogP contribution in [0, 0.1) is 0 Å². The van der Waals surface area contributed by atoms with Gasteiger partial charge in [0.05, 0.1) is 5.69 Å². The SMILES string of the molecule is Clc1cccc(-n2c(SCCN3CCCCC3)nnc2-c2cccnc2)c1. The maximum atomic E-state index is 6.24. The normalized spacial score (nSPS) is 15.1. The lowest BCUT2D eigenvalue weighted by Gasteiger charge is -2.25. The van der Waals surface area contributed by atoms with Gasteiger partial charge in [0, 0.05) is 35.3 Å². The number of hydrogen-bond acceptors (Lipinski definition) is 5. The lowest BCUT2D eigenvalue weighted by molar-refractivity contribution is 0.242. The highest BCUT2D eigenvalue weighted by molar-refractivity contribution is 7.99. The van der Waals surface area contributed by atoms with Gasteiger partial charge in [-0.1, -0.05) is 35.9 Å². The molecular weight excluding hydrogens is 378 g/mol. The molecule has 5 nitrogen and oxygen atoms in total. The van der Waals surface area contributed by atoms with Gasteiger partial charge in [-0.05, 0) is 56.3 Å². The Morgan fingerprint density at radius 2 is 1.93 bits per heavy atom. The fourth-order valence-electron chi connectivity index (χ4n) is 3.34. The van der Waals surface area contributed by atoms with Gasteiger partial charge in [-0.3, -0.25) is 9.55 Å². The highest BCUT2D eigenvalue weighted by Crippen LogP contribution is 2.28. The molecule has 140 valence electrons. The summed E-state index contributed by atoms with van der Waals surface area (Å²) in [7, 11) is 0. The van der Waals surface area contributed by atoms with Crippen molar-refractivity contribution in [1.29, 1.82) is 0 Å². The van der Waals surface area contributed by atoms with E-state index in [1.807, 2.05) is 42.6 Å². The highest BCUT2D eigenvalue weighted by atomic mass is 35.5. The molecule has 1 fully saturated rings. The summed E-state index contributed by atoms with van der Waals surface area (Å²) >= 11 is 7.98. The summed E-state index contributed by atoms with van der Waals surface area (Å²) < 4.78 is 2.07. The van der Waals surface area contributed by atoms with Crippen molar-refractivity contribution in [3.8, 4) is 17.1 Å². The summed E-state index contributed by atoms with van der Waals surface area (Å²) in [6.45, 7) is 3.50. The van der Waals surface area contributed by atoms with Crippen LogP contribution in [-0.2, 0) is 0 Å². The zero-order chi connectivity index (χ0) is 18.5. The summed E-state index contributed by atoms with van der Waals surface area (Å²) in [6.07, 6.45) is 7.56. The molecular formula is C20H22ClN5S. The van der Waals surface area contributed by atoms with Gasteiger partial charge in [-0.25, -0.2) is 0 Å². The molecule has 1 aromatic carbocycles. The molecule has 1 aliphatic heterocycles. The van der Waals surface area contributed by atoms with Gasteiger partial charge >= 0.3 is 0 Å². The molecule has 0 N–H and O–H groups in total. The molecule has 27 heavy (non-hydrogen) atoms. The Morgan fingerprint density at radius 3 is 2.70 bits per heavy atom. The van der Waals surface area contributed by atoms with Gasteiger partial charge in [-0.15, -0.1) is 10.2 Å². The Kier molecular flexibility index (Phi) is 6.07. The van der Waals surface area contributed by atoms with E-state index in [1.54, 1.807) is 18.0 Å². The molecule has 4 rings (SSSR count). The minimum absolute atomic E-state index is 0.697. The monoisotopic (exact) mass is 399 g/mol. The van der Waals surface area contributed by atoms with E-state index in [2.05, 4.69) is 24.6 Å². The Bertz CT molecular complexity index is 877. The standard InChI is InChI=1S/C20H22ClN5S/c21-17-7-4-8-18(14-17)26-19(16-6-5-9-22-15-16)23-24-20(26)27-13-12-25-10-2-1-3-11-25/h4-9,14-15H,1-3,10-13H2. The molecule has 0 atom stereocenters. The van der Waals surface area contributed by atoms with Gasteiger partial charge in [0.2, 0.25) is 0 Å². The number of pyridine rings is 1. The predicted octanol–water partition coefficient (Wildman–Crippen LogP) is 4.56. The number of likely N-dealkylation sites (tertiary alicyclic amines) is 1. The average molecular weight is 400 g/mol. The molecule has 0 spiro atoms. The van der Waals surface area contributed by atoms with Crippen LogP contribution in [0.15, 0.2) is 53.9 Å². The topological polar surface area (TPSA) is 46.8 Å². The maximum Gasteiger partial charge on any atom is 0.196 e. The number of aromatic nitrogens is 4. The van der Waals surface area contributed by atoms with E-state index >= 15 is 0 Å². The van der Waals surface area contributed by atoms with Crippen LogP contribution in [0.3, 0.4) is 0 Å². The van der Waals surface area contributed by atoms with Crippen LogP contribution in [0.5, 0.6) is 0 Å².